The molecule has 0 aliphatic carbocycles. The van der Waals surface area contributed by atoms with Gasteiger partial charge >= 0.3 is 11.9 Å². The summed E-state index contributed by atoms with van der Waals surface area (Å²) in [6.07, 6.45) is 1.58. The topological polar surface area (TPSA) is 83.4 Å². The van der Waals surface area contributed by atoms with E-state index in [4.69, 9.17) is 18.9 Å². The molecule has 1 heterocycles. The van der Waals surface area contributed by atoms with Crippen molar-refractivity contribution >= 4 is 23.9 Å². The summed E-state index contributed by atoms with van der Waals surface area (Å²) in [7, 11) is 1.47. The van der Waals surface area contributed by atoms with Crippen LogP contribution in [-0.2, 0) is 9.53 Å². The SMILES string of the molecule is CCOc1ccc(C2=N/C(=C\c3ccc(OC(=O)c4ccc(C)cc4)c(OC)c3)C(=O)O2)cc1. The van der Waals surface area contributed by atoms with Crippen LogP contribution in [0.15, 0.2) is 77.4 Å². The van der Waals surface area contributed by atoms with E-state index in [0.29, 0.717) is 29.0 Å². The van der Waals surface area contributed by atoms with Gasteiger partial charge in [-0.1, -0.05) is 23.8 Å². The molecule has 0 amide bonds. The van der Waals surface area contributed by atoms with Gasteiger partial charge in [-0.25, -0.2) is 14.6 Å². The molecule has 0 radical (unpaired) electrons. The van der Waals surface area contributed by atoms with Gasteiger partial charge in [0.2, 0.25) is 5.90 Å². The van der Waals surface area contributed by atoms with Gasteiger partial charge in [-0.2, -0.15) is 0 Å². The molecule has 0 saturated heterocycles. The fraction of sp³-hybridized carbons (Fsp3) is 0.148. The Labute approximate surface area is 197 Å². The zero-order valence-electron chi connectivity index (χ0n) is 19.0. The van der Waals surface area contributed by atoms with Crippen molar-refractivity contribution in [1.29, 1.82) is 0 Å². The molecule has 34 heavy (non-hydrogen) atoms. The first kappa shape index (κ1) is 22.8. The third kappa shape index (κ3) is 5.15. The Balaban J connectivity index is 1.53. The molecule has 4 rings (SSSR count). The van der Waals surface area contributed by atoms with Crippen LogP contribution in [0.1, 0.15) is 34.0 Å². The molecule has 3 aromatic rings. The minimum absolute atomic E-state index is 0.148. The van der Waals surface area contributed by atoms with E-state index in [-0.39, 0.29) is 17.3 Å². The van der Waals surface area contributed by atoms with Crippen molar-refractivity contribution in [3.63, 3.8) is 0 Å². The van der Waals surface area contributed by atoms with Crippen LogP contribution in [0, 0.1) is 6.92 Å². The highest BCUT2D eigenvalue weighted by Gasteiger charge is 2.24. The van der Waals surface area contributed by atoms with E-state index in [0.717, 1.165) is 11.3 Å². The third-order valence-electron chi connectivity index (χ3n) is 5.01. The van der Waals surface area contributed by atoms with Crippen LogP contribution in [0.2, 0.25) is 0 Å². The number of cyclic esters (lactones) is 1. The van der Waals surface area contributed by atoms with Gasteiger partial charge in [0, 0.05) is 5.56 Å². The average Bonchev–Trinajstić information content (AvgIpc) is 3.21. The molecule has 0 fully saturated rings. The molecular weight excluding hydrogens is 434 g/mol. The second-order valence-corrected chi connectivity index (χ2v) is 7.46. The lowest BCUT2D eigenvalue weighted by Crippen LogP contribution is -2.09. The fourth-order valence-electron chi connectivity index (χ4n) is 3.26. The summed E-state index contributed by atoms with van der Waals surface area (Å²) in [6.45, 7) is 4.41. The fourth-order valence-corrected chi connectivity index (χ4v) is 3.26. The van der Waals surface area contributed by atoms with Gasteiger partial charge in [-0.3, -0.25) is 0 Å². The highest BCUT2D eigenvalue weighted by atomic mass is 16.6. The van der Waals surface area contributed by atoms with Crippen LogP contribution in [0.5, 0.6) is 17.2 Å². The number of methoxy groups -OCH3 is 1. The van der Waals surface area contributed by atoms with Crippen LogP contribution in [-0.4, -0.2) is 31.6 Å². The zero-order valence-corrected chi connectivity index (χ0v) is 19.0. The molecular formula is C27H23NO6. The molecule has 3 aromatic carbocycles. The van der Waals surface area contributed by atoms with Crippen molar-refractivity contribution in [3.8, 4) is 17.2 Å². The summed E-state index contributed by atoms with van der Waals surface area (Å²) in [5.41, 5.74) is 2.93. The van der Waals surface area contributed by atoms with Gasteiger partial charge < -0.3 is 18.9 Å². The molecule has 7 heteroatoms. The molecule has 0 saturated carbocycles. The molecule has 0 N–H and O–H groups in total. The Hall–Kier alpha value is -4.39. The molecule has 0 bridgehead atoms. The first-order valence-corrected chi connectivity index (χ1v) is 10.7. The van der Waals surface area contributed by atoms with Crippen molar-refractivity contribution in [3.05, 3.63) is 94.7 Å². The summed E-state index contributed by atoms with van der Waals surface area (Å²) >= 11 is 0. The Kier molecular flexibility index (Phi) is 6.73. The Morgan fingerprint density at radius 2 is 1.74 bits per heavy atom. The minimum atomic E-state index is -0.558. The largest absolute Gasteiger partial charge is 0.494 e. The quantitative estimate of drug-likeness (QED) is 0.283. The monoisotopic (exact) mass is 457 g/mol. The van der Waals surface area contributed by atoms with Gasteiger partial charge in [-0.15, -0.1) is 0 Å². The number of benzene rings is 3. The summed E-state index contributed by atoms with van der Waals surface area (Å²) in [4.78, 5) is 29.1. The first-order valence-electron chi connectivity index (χ1n) is 10.7. The third-order valence-corrected chi connectivity index (χ3v) is 5.01. The Morgan fingerprint density at radius 1 is 1.00 bits per heavy atom. The van der Waals surface area contributed by atoms with Crippen LogP contribution in [0.3, 0.4) is 0 Å². The number of aliphatic imine (C=N–C) groups is 1. The Morgan fingerprint density at radius 3 is 2.41 bits per heavy atom. The van der Waals surface area contributed by atoms with Crippen molar-refractivity contribution in [2.24, 2.45) is 4.99 Å². The van der Waals surface area contributed by atoms with E-state index in [2.05, 4.69) is 4.99 Å². The molecule has 172 valence electrons. The lowest BCUT2D eigenvalue weighted by atomic mass is 10.1. The number of esters is 2. The minimum Gasteiger partial charge on any atom is -0.494 e. The zero-order chi connectivity index (χ0) is 24.1. The van der Waals surface area contributed by atoms with Crippen LogP contribution < -0.4 is 14.2 Å². The number of rotatable bonds is 7. The molecule has 0 spiro atoms. The maximum absolute atomic E-state index is 12.5. The van der Waals surface area contributed by atoms with E-state index in [1.807, 2.05) is 26.0 Å². The standard InChI is InChI=1S/C27H23NO6/c1-4-32-21-12-10-19(11-13-21)25-28-22(27(30)34-25)15-18-7-14-23(24(16-18)31-3)33-26(29)20-8-5-17(2)6-9-20/h5-16H,4H2,1-3H3/b22-15-. The summed E-state index contributed by atoms with van der Waals surface area (Å²) < 4.78 is 21.6. The van der Waals surface area contributed by atoms with Crippen molar-refractivity contribution in [1.82, 2.24) is 0 Å². The van der Waals surface area contributed by atoms with Crippen LogP contribution >= 0.6 is 0 Å². The molecule has 0 aromatic heterocycles. The van der Waals surface area contributed by atoms with Crippen molar-refractivity contribution in [2.45, 2.75) is 13.8 Å². The lowest BCUT2D eigenvalue weighted by molar-refractivity contribution is -0.129. The molecule has 0 unspecified atom stereocenters. The maximum Gasteiger partial charge on any atom is 0.363 e. The smallest absolute Gasteiger partial charge is 0.363 e. The average molecular weight is 457 g/mol. The highest BCUT2D eigenvalue weighted by Crippen LogP contribution is 2.30. The number of ether oxygens (including phenoxy) is 4. The maximum atomic E-state index is 12.5. The first-order chi connectivity index (χ1) is 16.5. The number of nitrogens with zero attached hydrogens (tertiary/aromatic N) is 1. The molecule has 0 atom stereocenters. The molecule has 1 aliphatic heterocycles. The Bertz CT molecular complexity index is 1270. The number of carbonyl (C=O) groups is 2. The molecule has 1 aliphatic rings. The van der Waals surface area contributed by atoms with Crippen molar-refractivity contribution in [2.75, 3.05) is 13.7 Å². The van der Waals surface area contributed by atoms with E-state index in [9.17, 15) is 9.59 Å². The number of aryl methyl sites for hydroxylation is 1. The van der Waals surface area contributed by atoms with E-state index in [1.54, 1.807) is 60.7 Å². The number of hydrogen-bond donors (Lipinski definition) is 0. The summed E-state index contributed by atoms with van der Waals surface area (Å²) in [5.74, 6) is 0.503. The molecule has 7 nitrogen and oxygen atoms in total. The van der Waals surface area contributed by atoms with Gasteiger partial charge in [0.25, 0.3) is 0 Å². The van der Waals surface area contributed by atoms with Crippen LogP contribution in [0.25, 0.3) is 6.08 Å². The summed E-state index contributed by atoms with van der Waals surface area (Å²) in [6, 6.07) is 19.2. The van der Waals surface area contributed by atoms with E-state index in [1.165, 1.54) is 7.11 Å². The normalized spacial score (nSPS) is 13.9. The van der Waals surface area contributed by atoms with E-state index >= 15 is 0 Å². The lowest BCUT2D eigenvalue weighted by Gasteiger charge is -2.10. The van der Waals surface area contributed by atoms with Gasteiger partial charge in [0.05, 0.1) is 19.3 Å². The van der Waals surface area contributed by atoms with E-state index < -0.39 is 11.9 Å². The predicted molar refractivity (Wildman–Crippen MR) is 127 cm³/mol. The van der Waals surface area contributed by atoms with Crippen LogP contribution in [0.4, 0.5) is 0 Å². The highest BCUT2D eigenvalue weighted by molar-refractivity contribution is 6.12. The second-order valence-electron chi connectivity index (χ2n) is 7.46. The second kappa shape index (κ2) is 10.0. The van der Waals surface area contributed by atoms with Gasteiger partial charge in [0.1, 0.15) is 5.75 Å². The predicted octanol–water partition coefficient (Wildman–Crippen LogP) is 4.97. The van der Waals surface area contributed by atoms with Gasteiger partial charge in [-0.05, 0) is 74.0 Å². The summed E-state index contributed by atoms with van der Waals surface area (Å²) in [5, 5.41) is 0. The number of hydrogen-bond acceptors (Lipinski definition) is 7. The number of carbonyl (C=O) groups excluding carboxylic acids is 2. The van der Waals surface area contributed by atoms with Gasteiger partial charge in [0.15, 0.2) is 17.2 Å². The van der Waals surface area contributed by atoms with Crippen molar-refractivity contribution < 1.29 is 28.5 Å².